The number of rotatable bonds is 4. The lowest BCUT2D eigenvalue weighted by atomic mass is 10.1. The van der Waals surface area contributed by atoms with Crippen LogP contribution in [0.15, 0.2) is 24.3 Å². The van der Waals surface area contributed by atoms with Crippen LogP contribution in [0.2, 0.25) is 0 Å². The fourth-order valence-corrected chi connectivity index (χ4v) is 0.819. The molecule has 1 nitrogen and oxygen atoms in total. The smallest absolute Gasteiger partial charge is 0.145 e. The Labute approximate surface area is 62.4 Å². The number of hydrogen-bond donors (Lipinski definition) is 0. The molecule has 0 aliphatic heterocycles. The summed E-state index contributed by atoms with van der Waals surface area (Å²) in [4.78, 5) is 10.2. The van der Waals surface area contributed by atoms with E-state index in [0.717, 1.165) is 18.3 Å². The summed E-state index contributed by atoms with van der Waals surface area (Å²) in [6, 6.07) is 0. The number of hydrogen-bond acceptors (Lipinski definition) is 1. The number of aldehydes is 1. The molecule has 10 heavy (non-hydrogen) atoms. The normalized spacial score (nSPS) is 14.4. The van der Waals surface area contributed by atoms with Crippen LogP contribution in [0.3, 0.4) is 0 Å². The SMILES string of the molecule is C=CCC(C)/C=C(/C)C=O. The Morgan fingerprint density at radius 3 is 2.70 bits per heavy atom. The highest BCUT2D eigenvalue weighted by Crippen LogP contribution is 2.05. The largest absolute Gasteiger partial charge is 0.298 e. The lowest BCUT2D eigenvalue weighted by molar-refractivity contribution is -0.104. The molecule has 0 rings (SSSR count). The Bertz CT molecular complexity index is 145. The lowest BCUT2D eigenvalue weighted by Gasteiger charge is -2.00. The van der Waals surface area contributed by atoms with Gasteiger partial charge in [-0.15, -0.1) is 6.58 Å². The molecule has 0 spiro atoms. The van der Waals surface area contributed by atoms with Crippen LogP contribution in [-0.4, -0.2) is 6.29 Å². The molecule has 1 atom stereocenters. The molecule has 0 saturated heterocycles. The average molecular weight is 138 g/mol. The summed E-state index contributed by atoms with van der Waals surface area (Å²) < 4.78 is 0. The number of carbonyl (C=O) groups excluding carboxylic acids is 1. The van der Waals surface area contributed by atoms with Crippen molar-refractivity contribution in [3.8, 4) is 0 Å². The summed E-state index contributed by atoms with van der Waals surface area (Å²) in [5.74, 6) is 0.433. The number of allylic oxidation sites excluding steroid dienone is 3. The fourth-order valence-electron chi connectivity index (χ4n) is 0.819. The van der Waals surface area contributed by atoms with Gasteiger partial charge in [-0.2, -0.15) is 0 Å². The van der Waals surface area contributed by atoms with E-state index in [1.165, 1.54) is 0 Å². The topological polar surface area (TPSA) is 17.1 Å². The summed E-state index contributed by atoms with van der Waals surface area (Å²) in [6.45, 7) is 7.49. The van der Waals surface area contributed by atoms with Gasteiger partial charge in [0.05, 0.1) is 0 Å². The highest BCUT2D eigenvalue weighted by molar-refractivity contribution is 5.72. The molecule has 0 bridgehead atoms. The van der Waals surface area contributed by atoms with Crippen LogP contribution in [-0.2, 0) is 4.79 Å². The van der Waals surface area contributed by atoms with Crippen LogP contribution in [0.4, 0.5) is 0 Å². The van der Waals surface area contributed by atoms with Gasteiger partial charge in [0.25, 0.3) is 0 Å². The Morgan fingerprint density at radius 2 is 2.30 bits per heavy atom. The van der Waals surface area contributed by atoms with E-state index in [0.29, 0.717) is 5.92 Å². The van der Waals surface area contributed by atoms with Crippen molar-refractivity contribution in [1.29, 1.82) is 0 Å². The van der Waals surface area contributed by atoms with Gasteiger partial charge >= 0.3 is 0 Å². The molecular weight excluding hydrogens is 124 g/mol. The van der Waals surface area contributed by atoms with Crippen molar-refractivity contribution < 1.29 is 4.79 Å². The third-order valence-corrected chi connectivity index (χ3v) is 1.27. The second-order valence-corrected chi connectivity index (χ2v) is 2.53. The predicted molar refractivity (Wildman–Crippen MR) is 43.8 cm³/mol. The zero-order valence-corrected chi connectivity index (χ0v) is 6.63. The van der Waals surface area contributed by atoms with Crippen molar-refractivity contribution in [2.45, 2.75) is 20.3 Å². The van der Waals surface area contributed by atoms with Gasteiger partial charge in [-0.25, -0.2) is 0 Å². The first kappa shape index (κ1) is 9.15. The van der Waals surface area contributed by atoms with Crippen LogP contribution < -0.4 is 0 Å². The minimum Gasteiger partial charge on any atom is -0.298 e. The molecule has 0 aliphatic rings. The van der Waals surface area contributed by atoms with Crippen LogP contribution >= 0.6 is 0 Å². The third-order valence-electron chi connectivity index (χ3n) is 1.27. The standard InChI is InChI=1S/C9H14O/c1-4-5-8(2)6-9(3)7-10/h4,6-8H,1,5H2,2-3H3/b9-6-. The zero-order chi connectivity index (χ0) is 7.98. The predicted octanol–water partition coefficient (Wildman–Crippen LogP) is 2.34. The maximum Gasteiger partial charge on any atom is 0.145 e. The molecule has 1 unspecified atom stereocenters. The first-order valence-electron chi connectivity index (χ1n) is 3.45. The van der Waals surface area contributed by atoms with Crippen molar-refractivity contribution in [3.05, 3.63) is 24.3 Å². The second kappa shape index (κ2) is 4.98. The van der Waals surface area contributed by atoms with Gasteiger partial charge in [-0.3, -0.25) is 4.79 Å². The highest BCUT2D eigenvalue weighted by Gasteiger charge is 1.93. The third kappa shape index (κ3) is 4.07. The van der Waals surface area contributed by atoms with E-state index in [4.69, 9.17) is 0 Å². The summed E-state index contributed by atoms with van der Waals surface area (Å²) in [5.41, 5.74) is 0.800. The van der Waals surface area contributed by atoms with Gasteiger partial charge in [0.15, 0.2) is 0 Å². The monoisotopic (exact) mass is 138 g/mol. The zero-order valence-electron chi connectivity index (χ0n) is 6.63. The van der Waals surface area contributed by atoms with Crippen molar-refractivity contribution in [3.63, 3.8) is 0 Å². The van der Waals surface area contributed by atoms with E-state index in [1.807, 2.05) is 19.1 Å². The van der Waals surface area contributed by atoms with Gasteiger partial charge in [0, 0.05) is 0 Å². The summed E-state index contributed by atoms with van der Waals surface area (Å²) in [7, 11) is 0. The van der Waals surface area contributed by atoms with Crippen molar-refractivity contribution >= 4 is 6.29 Å². The van der Waals surface area contributed by atoms with Gasteiger partial charge in [-0.05, 0) is 24.8 Å². The van der Waals surface area contributed by atoms with E-state index < -0.39 is 0 Å². The summed E-state index contributed by atoms with van der Waals surface area (Å²) in [6.07, 6.45) is 5.62. The lowest BCUT2D eigenvalue weighted by Crippen LogP contribution is -1.88. The molecule has 56 valence electrons. The Balaban J connectivity index is 3.84. The molecule has 0 saturated carbocycles. The van der Waals surface area contributed by atoms with Crippen LogP contribution in [0, 0.1) is 5.92 Å². The summed E-state index contributed by atoms with van der Waals surface area (Å²) >= 11 is 0. The van der Waals surface area contributed by atoms with Gasteiger partial charge < -0.3 is 0 Å². The van der Waals surface area contributed by atoms with E-state index in [2.05, 4.69) is 13.5 Å². The van der Waals surface area contributed by atoms with E-state index in [-0.39, 0.29) is 0 Å². The quantitative estimate of drug-likeness (QED) is 0.331. The van der Waals surface area contributed by atoms with E-state index >= 15 is 0 Å². The Kier molecular flexibility index (Phi) is 4.55. The molecule has 0 aliphatic carbocycles. The first-order valence-corrected chi connectivity index (χ1v) is 3.45. The highest BCUT2D eigenvalue weighted by atomic mass is 16.1. The Hall–Kier alpha value is -0.850. The summed E-state index contributed by atoms with van der Waals surface area (Å²) in [5, 5.41) is 0. The van der Waals surface area contributed by atoms with E-state index in [1.54, 1.807) is 0 Å². The van der Waals surface area contributed by atoms with Gasteiger partial charge in [-0.1, -0.05) is 19.1 Å². The molecule has 0 aromatic rings. The number of carbonyl (C=O) groups is 1. The molecule has 0 fully saturated rings. The minimum absolute atomic E-state index is 0.433. The van der Waals surface area contributed by atoms with Crippen molar-refractivity contribution in [2.75, 3.05) is 0 Å². The first-order chi connectivity index (χ1) is 4.70. The van der Waals surface area contributed by atoms with E-state index in [9.17, 15) is 4.79 Å². The van der Waals surface area contributed by atoms with Gasteiger partial charge in [0.2, 0.25) is 0 Å². The molecule has 0 aromatic carbocycles. The molecule has 0 N–H and O–H groups in total. The second-order valence-electron chi connectivity index (χ2n) is 2.53. The fraction of sp³-hybridized carbons (Fsp3) is 0.444. The molecule has 0 radical (unpaired) electrons. The minimum atomic E-state index is 0.433. The maximum atomic E-state index is 10.2. The Morgan fingerprint density at radius 1 is 1.70 bits per heavy atom. The molecule has 1 heteroatoms. The molecule has 0 aromatic heterocycles. The molecular formula is C9H14O. The van der Waals surface area contributed by atoms with Crippen LogP contribution in [0.5, 0.6) is 0 Å². The van der Waals surface area contributed by atoms with Crippen molar-refractivity contribution in [1.82, 2.24) is 0 Å². The van der Waals surface area contributed by atoms with Gasteiger partial charge in [0.1, 0.15) is 6.29 Å². The van der Waals surface area contributed by atoms with Crippen molar-refractivity contribution in [2.24, 2.45) is 5.92 Å². The van der Waals surface area contributed by atoms with Crippen LogP contribution in [0.1, 0.15) is 20.3 Å². The maximum absolute atomic E-state index is 10.2. The van der Waals surface area contributed by atoms with Crippen LogP contribution in [0.25, 0.3) is 0 Å². The molecule has 0 heterocycles. The average Bonchev–Trinajstić information content (AvgIpc) is 1.88. The molecule has 0 amide bonds.